The third-order valence-electron chi connectivity index (χ3n) is 1.27. The highest BCUT2D eigenvalue weighted by Gasteiger charge is 1.95. The van der Waals surface area contributed by atoms with Crippen LogP contribution in [0.2, 0.25) is 0 Å². The van der Waals surface area contributed by atoms with Gasteiger partial charge in [-0.25, -0.2) is 4.39 Å². The van der Waals surface area contributed by atoms with Crippen molar-refractivity contribution in [2.24, 2.45) is 0 Å². The fraction of sp³-hybridized carbons (Fsp3) is 0.111. The summed E-state index contributed by atoms with van der Waals surface area (Å²) in [7, 11) is 0. The van der Waals surface area contributed by atoms with Crippen molar-refractivity contribution < 1.29 is 4.39 Å². The molecular weight excluding hydrogens is 141 g/mol. The van der Waals surface area contributed by atoms with E-state index < -0.39 is 5.82 Å². The standard InChI is InChI=1S/C9H8FN/c1-2-3-7-4-5-8(10)9(11)6-7/h4-6H,11H2,1H3. The molecule has 1 rings (SSSR count). The van der Waals surface area contributed by atoms with Gasteiger partial charge in [0, 0.05) is 5.56 Å². The quantitative estimate of drug-likeness (QED) is 0.441. The van der Waals surface area contributed by atoms with E-state index in [1.54, 1.807) is 13.0 Å². The van der Waals surface area contributed by atoms with Gasteiger partial charge >= 0.3 is 0 Å². The lowest BCUT2D eigenvalue weighted by Crippen LogP contribution is -1.90. The Balaban J connectivity index is 3.12. The highest BCUT2D eigenvalue weighted by molar-refractivity contribution is 5.48. The minimum Gasteiger partial charge on any atom is -0.396 e. The van der Waals surface area contributed by atoms with Crippen LogP contribution in [0.25, 0.3) is 0 Å². The van der Waals surface area contributed by atoms with E-state index in [2.05, 4.69) is 11.8 Å². The summed E-state index contributed by atoms with van der Waals surface area (Å²) in [6.07, 6.45) is 0. The molecule has 0 heterocycles. The van der Waals surface area contributed by atoms with E-state index in [1.807, 2.05) is 0 Å². The van der Waals surface area contributed by atoms with Gasteiger partial charge in [-0.05, 0) is 25.1 Å². The summed E-state index contributed by atoms with van der Waals surface area (Å²) in [5, 5.41) is 0. The molecule has 0 radical (unpaired) electrons. The third-order valence-corrected chi connectivity index (χ3v) is 1.27. The summed E-state index contributed by atoms with van der Waals surface area (Å²) in [6.45, 7) is 1.72. The Bertz CT molecular complexity index is 320. The average molecular weight is 149 g/mol. The van der Waals surface area contributed by atoms with E-state index >= 15 is 0 Å². The van der Waals surface area contributed by atoms with Crippen molar-refractivity contribution in [3.05, 3.63) is 29.6 Å². The number of hydrogen-bond donors (Lipinski definition) is 1. The minimum absolute atomic E-state index is 0.144. The average Bonchev–Trinajstić information content (AvgIpc) is 1.98. The molecule has 0 bridgehead atoms. The lowest BCUT2D eigenvalue weighted by atomic mass is 10.2. The molecule has 11 heavy (non-hydrogen) atoms. The number of hydrogen-bond acceptors (Lipinski definition) is 1. The van der Waals surface area contributed by atoms with Gasteiger partial charge in [-0.1, -0.05) is 5.92 Å². The van der Waals surface area contributed by atoms with Crippen LogP contribution >= 0.6 is 0 Å². The van der Waals surface area contributed by atoms with Crippen LogP contribution in [0.4, 0.5) is 10.1 Å². The summed E-state index contributed by atoms with van der Waals surface area (Å²) in [5.41, 5.74) is 6.19. The fourth-order valence-corrected chi connectivity index (χ4v) is 0.766. The van der Waals surface area contributed by atoms with Crippen LogP contribution in [0.15, 0.2) is 18.2 Å². The summed E-state index contributed by atoms with van der Waals surface area (Å²) in [5.74, 6) is 5.08. The van der Waals surface area contributed by atoms with Crippen LogP contribution in [0.1, 0.15) is 12.5 Å². The first-order valence-electron chi connectivity index (χ1n) is 3.22. The van der Waals surface area contributed by atoms with E-state index in [1.165, 1.54) is 12.1 Å². The molecule has 1 aromatic rings. The van der Waals surface area contributed by atoms with Crippen molar-refractivity contribution in [1.82, 2.24) is 0 Å². The third kappa shape index (κ3) is 1.71. The lowest BCUT2D eigenvalue weighted by Gasteiger charge is -1.95. The Hall–Kier alpha value is -1.49. The lowest BCUT2D eigenvalue weighted by molar-refractivity contribution is 0.632. The Kier molecular flexibility index (Phi) is 2.12. The molecule has 0 unspecified atom stereocenters. The molecule has 0 aliphatic rings. The van der Waals surface area contributed by atoms with Crippen LogP contribution in [0, 0.1) is 17.7 Å². The number of halogens is 1. The van der Waals surface area contributed by atoms with Gasteiger partial charge in [-0.2, -0.15) is 0 Å². The van der Waals surface area contributed by atoms with Crippen molar-refractivity contribution in [1.29, 1.82) is 0 Å². The molecule has 1 nitrogen and oxygen atoms in total. The number of anilines is 1. The highest BCUT2D eigenvalue weighted by atomic mass is 19.1. The predicted octanol–water partition coefficient (Wildman–Crippen LogP) is 1.78. The molecule has 2 heteroatoms. The van der Waals surface area contributed by atoms with Crippen molar-refractivity contribution in [2.45, 2.75) is 6.92 Å². The van der Waals surface area contributed by atoms with Gasteiger partial charge in [-0.15, -0.1) is 5.92 Å². The molecule has 0 fully saturated rings. The maximum atomic E-state index is 12.6. The predicted molar refractivity (Wildman–Crippen MR) is 43.4 cm³/mol. The normalized spacial score (nSPS) is 8.55. The molecule has 0 saturated carbocycles. The number of benzene rings is 1. The van der Waals surface area contributed by atoms with E-state index in [0.717, 1.165) is 5.56 Å². The molecule has 0 atom stereocenters. The van der Waals surface area contributed by atoms with Crippen LogP contribution < -0.4 is 5.73 Å². The SMILES string of the molecule is CC#Cc1ccc(F)c(N)c1. The van der Waals surface area contributed by atoms with Gasteiger partial charge in [0.05, 0.1) is 5.69 Å². The van der Waals surface area contributed by atoms with E-state index in [4.69, 9.17) is 5.73 Å². The van der Waals surface area contributed by atoms with Crippen LogP contribution in [-0.2, 0) is 0 Å². The van der Waals surface area contributed by atoms with Gasteiger partial charge in [0.15, 0.2) is 0 Å². The van der Waals surface area contributed by atoms with E-state index in [-0.39, 0.29) is 5.69 Å². The molecule has 0 aliphatic carbocycles. The number of nitrogen functional groups attached to an aromatic ring is 1. The van der Waals surface area contributed by atoms with Gasteiger partial charge in [0.25, 0.3) is 0 Å². The minimum atomic E-state index is -0.397. The van der Waals surface area contributed by atoms with Crippen LogP contribution in [0.5, 0.6) is 0 Å². The van der Waals surface area contributed by atoms with E-state index in [0.29, 0.717) is 0 Å². The molecule has 2 N–H and O–H groups in total. The summed E-state index contributed by atoms with van der Waals surface area (Å²) < 4.78 is 12.6. The van der Waals surface area contributed by atoms with Crippen molar-refractivity contribution in [3.8, 4) is 11.8 Å². The zero-order chi connectivity index (χ0) is 8.27. The number of rotatable bonds is 0. The maximum Gasteiger partial charge on any atom is 0.146 e. The first-order chi connectivity index (χ1) is 5.24. The second kappa shape index (κ2) is 3.07. The van der Waals surface area contributed by atoms with Crippen molar-refractivity contribution >= 4 is 5.69 Å². The molecule has 1 aromatic carbocycles. The molecule has 56 valence electrons. The first-order valence-corrected chi connectivity index (χ1v) is 3.22. The van der Waals surface area contributed by atoms with E-state index in [9.17, 15) is 4.39 Å². The Morgan fingerprint density at radius 1 is 1.45 bits per heavy atom. The van der Waals surface area contributed by atoms with Crippen molar-refractivity contribution in [2.75, 3.05) is 5.73 Å². The number of nitrogens with two attached hydrogens (primary N) is 1. The summed E-state index contributed by atoms with van der Waals surface area (Å²) in [4.78, 5) is 0. The molecule has 0 saturated heterocycles. The zero-order valence-corrected chi connectivity index (χ0v) is 6.19. The first kappa shape index (κ1) is 7.62. The fourth-order valence-electron chi connectivity index (χ4n) is 0.766. The Morgan fingerprint density at radius 3 is 2.73 bits per heavy atom. The second-order valence-electron chi connectivity index (χ2n) is 2.11. The topological polar surface area (TPSA) is 26.0 Å². The Morgan fingerprint density at radius 2 is 2.18 bits per heavy atom. The van der Waals surface area contributed by atoms with Crippen molar-refractivity contribution in [3.63, 3.8) is 0 Å². The highest BCUT2D eigenvalue weighted by Crippen LogP contribution is 2.10. The van der Waals surface area contributed by atoms with Gasteiger partial charge < -0.3 is 5.73 Å². The van der Waals surface area contributed by atoms with Gasteiger partial charge in [0.1, 0.15) is 5.82 Å². The van der Waals surface area contributed by atoms with Gasteiger partial charge in [-0.3, -0.25) is 0 Å². The summed E-state index contributed by atoms with van der Waals surface area (Å²) in [6, 6.07) is 4.43. The molecule has 0 aromatic heterocycles. The largest absolute Gasteiger partial charge is 0.396 e. The summed E-state index contributed by atoms with van der Waals surface area (Å²) >= 11 is 0. The van der Waals surface area contributed by atoms with Crippen LogP contribution in [-0.4, -0.2) is 0 Å². The molecule has 0 amide bonds. The Labute approximate surface area is 65.0 Å². The monoisotopic (exact) mass is 149 g/mol. The smallest absolute Gasteiger partial charge is 0.146 e. The van der Waals surface area contributed by atoms with Crippen LogP contribution in [0.3, 0.4) is 0 Å². The van der Waals surface area contributed by atoms with Gasteiger partial charge in [0.2, 0.25) is 0 Å². The molecule has 0 aliphatic heterocycles. The molecular formula is C9H8FN. The second-order valence-corrected chi connectivity index (χ2v) is 2.11. The maximum absolute atomic E-state index is 12.6. The molecule has 0 spiro atoms. The zero-order valence-electron chi connectivity index (χ0n) is 6.19.